The average Bonchev–Trinajstić information content (AvgIpc) is 2.82. The number of hydrogen-bond donors (Lipinski definition) is 0. The summed E-state index contributed by atoms with van der Waals surface area (Å²) in [7, 11) is 2.00. The molecule has 0 aliphatic carbocycles. The van der Waals surface area contributed by atoms with E-state index in [2.05, 4.69) is 23.8 Å². The van der Waals surface area contributed by atoms with Crippen molar-refractivity contribution in [3.63, 3.8) is 0 Å². The summed E-state index contributed by atoms with van der Waals surface area (Å²) in [6.07, 6.45) is 0. The Morgan fingerprint density at radius 3 is 2.29 bits per heavy atom. The molecule has 1 saturated heterocycles. The second-order valence-electron chi connectivity index (χ2n) is 9.27. The average molecular weight is 462 g/mol. The number of carbonyl (C=O) groups is 1. The van der Waals surface area contributed by atoms with Gasteiger partial charge in [-0.3, -0.25) is 14.2 Å². The third kappa shape index (κ3) is 4.87. The molecule has 1 amide bonds. The standard InChI is InChI=1S/C26H31N5O3/c1-18(2)21-8-10-22(11-9-21)31-26(34)30(17-20-7-5-6-19(3)16-20)25(33)23(27-31)24(32)29-14-12-28(4)13-15-29/h5-11,16,18H,12-15,17H2,1-4H3. The number of piperazine rings is 1. The molecular weight excluding hydrogens is 430 g/mol. The molecule has 0 radical (unpaired) electrons. The van der Waals surface area contributed by atoms with Crippen LogP contribution < -0.4 is 11.2 Å². The molecule has 178 valence electrons. The first-order valence-corrected chi connectivity index (χ1v) is 11.6. The van der Waals surface area contributed by atoms with Gasteiger partial charge < -0.3 is 9.80 Å². The third-order valence-electron chi connectivity index (χ3n) is 6.28. The van der Waals surface area contributed by atoms with Crippen molar-refractivity contribution >= 4 is 5.91 Å². The molecular formula is C26H31N5O3. The highest BCUT2D eigenvalue weighted by Crippen LogP contribution is 2.16. The molecule has 1 aromatic heterocycles. The maximum Gasteiger partial charge on any atom is 0.352 e. The van der Waals surface area contributed by atoms with Gasteiger partial charge >= 0.3 is 5.69 Å². The zero-order valence-electron chi connectivity index (χ0n) is 20.2. The van der Waals surface area contributed by atoms with Crippen molar-refractivity contribution < 1.29 is 4.79 Å². The minimum Gasteiger partial charge on any atom is -0.335 e. The molecule has 1 aliphatic heterocycles. The molecule has 0 spiro atoms. The van der Waals surface area contributed by atoms with E-state index in [1.807, 2.05) is 50.4 Å². The Morgan fingerprint density at radius 1 is 1.00 bits per heavy atom. The first-order valence-electron chi connectivity index (χ1n) is 11.6. The fraction of sp³-hybridized carbons (Fsp3) is 0.385. The zero-order chi connectivity index (χ0) is 24.4. The van der Waals surface area contributed by atoms with Crippen LogP contribution in [0.2, 0.25) is 0 Å². The van der Waals surface area contributed by atoms with E-state index in [1.54, 1.807) is 17.0 Å². The molecule has 34 heavy (non-hydrogen) atoms. The predicted molar refractivity (Wildman–Crippen MR) is 132 cm³/mol. The molecule has 3 aromatic rings. The van der Waals surface area contributed by atoms with Gasteiger partial charge in [0.05, 0.1) is 12.2 Å². The topological polar surface area (TPSA) is 80.4 Å². The SMILES string of the molecule is Cc1cccc(Cn2c(=O)c(C(=O)N3CCN(C)CC3)nn(-c3ccc(C(C)C)cc3)c2=O)c1. The van der Waals surface area contributed by atoms with E-state index in [-0.39, 0.29) is 12.2 Å². The molecule has 2 aromatic carbocycles. The van der Waals surface area contributed by atoms with Crippen LogP contribution in [0.4, 0.5) is 0 Å². The summed E-state index contributed by atoms with van der Waals surface area (Å²) >= 11 is 0. The summed E-state index contributed by atoms with van der Waals surface area (Å²) in [6, 6.07) is 15.1. The highest BCUT2D eigenvalue weighted by Gasteiger charge is 2.27. The number of benzene rings is 2. The van der Waals surface area contributed by atoms with Gasteiger partial charge in [-0.1, -0.05) is 55.8 Å². The minimum atomic E-state index is -0.662. The van der Waals surface area contributed by atoms with Gasteiger partial charge in [0.1, 0.15) is 0 Å². The Hall–Kier alpha value is -3.52. The molecule has 8 heteroatoms. The Kier molecular flexibility index (Phi) is 6.79. The molecule has 0 unspecified atom stereocenters. The van der Waals surface area contributed by atoms with E-state index < -0.39 is 17.2 Å². The number of aryl methyl sites for hydroxylation is 1. The van der Waals surface area contributed by atoms with Crippen LogP contribution in [-0.4, -0.2) is 63.3 Å². The van der Waals surface area contributed by atoms with Gasteiger partial charge in [-0.25, -0.2) is 4.79 Å². The largest absolute Gasteiger partial charge is 0.352 e. The molecule has 0 bridgehead atoms. The van der Waals surface area contributed by atoms with E-state index in [9.17, 15) is 14.4 Å². The first-order chi connectivity index (χ1) is 16.2. The maximum absolute atomic E-state index is 13.4. The summed E-state index contributed by atoms with van der Waals surface area (Å²) in [5.41, 5.74) is 2.01. The lowest BCUT2D eigenvalue weighted by molar-refractivity contribution is 0.0652. The van der Waals surface area contributed by atoms with Crippen molar-refractivity contribution in [2.24, 2.45) is 0 Å². The molecule has 1 aliphatic rings. The van der Waals surface area contributed by atoms with Gasteiger partial charge in [-0.05, 0) is 43.1 Å². The maximum atomic E-state index is 13.4. The van der Waals surface area contributed by atoms with Gasteiger partial charge in [0.2, 0.25) is 5.69 Å². The quantitative estimate of drug-likeness (QED) is 0.582. The van der Waals surface area contributed by atoms with Crippen molar-refractivity contribution in [2.45, 2.75) is 33.2 Å². The van der Waals surface area contributed by atoms with Crippen LogP contribution in [0.1, 0.15) is 46.9 Å². The predicted octanol–water partition coefficient (Wildman–Crippen LogP) is 2.26. The van der Waals surface area contributed by atoms with Gasteiger partial charge in [0.25, 0.3) is 11.5 Å². The number of aromatic nitrogens is 3. The van der Waals surface area contributed by atoms with Crippen molar-refractivity contribution in [3.8, 4) is 5.69 Å². The van der Waals surface area contributed by atoms with Crippen molar-refractivity contribution in [1.82, 2.24) is 24.1 Å². The summed E-state index contributed by atoms with van der Waals surface area (Å²) in [5.74, 6) is -0.105. The molecule has 1 fully saturated rings. The summed E-state index contributed by atoms with van der Waals surface area (Å²) in [5, 5.41) is 4.30. The molecule has 4 rings (SSSR count). The first kappa shape index (κ1) is 23.6. The third-order valence-corrected chi connectivity index (χ3v) is 6.28. The van der Waals surface area contributed by atoms with Crippen LogP contribution in [-0.2, 0) is 6.54 Å². The van der Waals surface area contributed by atoms with E-state index >= 15 is 0 Å². The molecule has 0 N–H and O–H groups in total. The Morgan fingerprint density at radius 2 is 1.68 bits per heavy atom. The van der Waals surface area contributed by atoms with Crippen molar-refractivity contribution in [1.29, 1.82) is 0 Å². The lowest BCUT2D eigenvalue weighted by atomic mass is 10.0. The summed E-state index contributed by atoms with van der Waals surface area (Å²) in [6.45, 7) is 8.67. The lowest BCUT2D eigenvalue weighted by Gasteiger charge is -2.32. The van der Waals surface area contributed by atoms with Crippen molar-refractivity contribution in [2.75, 3.05) is 33.2 Å². The molecule has 0 saturated carbocycles. The summed E-state index contributed by atoms with van der Waals surface area (Å²) < 4.78 is 2.28. The van der Waals surface area contributed by atoms with Gasteiger partial charge in [-0.15, -0.1) is 0 Å². The van der Waals surface area contributed by atoms with Crippen LogP contribution in [0.3, 0.4) is 0 Å². The molecule has 0 atom stereocenters. The summed E-state index contributed by atoms with van der Waals surface area (Å²) in [4.78, 5) is 43.9. The van der Waals surface area contributed by atoms with Crippen LogP contribution >= 0.6 is 0 Å². The Bertz CT molecular complexity index is 1300. The highest BCUT2D eigenvalue weighted by molar-refractivity contribution is 5.92. The second kappa shape index (κ2) is 9.77. The number of nitrogens with zero attached hydrogens (tertiary/aromatic N) is 5. The number of hydrogen-bond acceptors (Lipinski definition) is 5. The van der Waals surface area contributed by atoms with E-state index in [4.69, 9.17) is 0 Å². The van der Waals surface area contributed by atoms with Crippen LogP contribution in [0.25, 0.3) is 5.69 Å². The van der Waals surface area contributed by atoms with Crippen LogP contribution in [0.15, 0.2) is 58.1 Å². The second-order valence-corrected chi connectivity index (χ2v) is 9.27. The van der Waals surface area contributed by atoms with Gasteiger partial charge in [0.15, 0.2) is 0 Å². The van der Waals surface area contributed by atoms with E-state index in [1.165, 1.54) is 4.68 Å². The van der Waals surface area contributed by atoms with E-state index in [0.29, 0.717) is 24.7 Å². The Balaban J connectivity index is 1.83. The van der Waals surface area contributed by atoms with Gasteiger partial charge in [0, 0.05) is 26.2 Å². The fourth-order valence-corrected chi connectivity index (χ4v) is 4.11. The number of rotatable bonds is 5. The monoisotopic (exact) mass is 461 g/mol. The molecule has 2 heterocycles. The fourth-order valence-electron chi connectivity index (χ4n) is 4.11. The van der Waals surface area contributed by atoms with Crippen LogP contribution in [0.5, 0.6) is 0 Å². The van der Waals surface area contributed by atoms with E-state index in [0.717, 1.165) is 34.3 Å². The Labute approximate surface area is 199 Å². The normalized spacial score (nSPS) is 14.6. The smallest absolute Gasteiger partial charge is 0.335 e. The zero-order valence-corrected chi connectivity index (χ0v) is 20.2. The number of amides is 1. The molecule has 8 nitrogen and oxygen atoms in total. The highest BCUT2D eigenvalue weighted by atomic mass is 16.2. The lowest BCUT2D eigenvalue weighted by Crippen LogP contribution is -2.51. The number of likely N-dealkylation sites (N-methyl/N-ethyl adjacent to an activating group) is 1. The van der Waals surface area contributed by atoms with Crippen LogP contribution in [0, 0.1) is 6.92 Å². The number of carbonyl (C=O) groups excluding carboxylic acids is 1. The van der Waals surface area contributed by atoms with Gasteiger partial charge in [-0.2, -0.15) is 9.78 Å². The minimum absolute atomic E-state index is 0.0644. The van der Waals surface area contributed by atoms with Crippen molar-refractivity contribution in [3.05, 3.63) is 91.8 Å².